The molecule has 8 heteroatoms. The number of rotatable bonds is 3. The van der Waals surface area contributed by atoms with Crippen LogP contribution in [0, 0.1) is 0 Å². The molecule has 1 aliphatic carbocycles. The third kappa shape index (κ3) is 3.23. The first-order valence-electron chi connectivity index (χ1n) is 8.19. The Kier molecular flexibility index (Phi) is 4.48. The third-order valence-electron chi connectivity index (χ3n) is 4.47. The zero-order valence-electron chi connectivity index (χ0n) is 13.7. The predicted octanol–water partition coefficient (Wildman–Crippen LogP) is 4.04. The van der Waals surface area contributed by atoms with Gasteiger partial charge < -0.3 is 15.5 Å². The number of furan rings is 1. The third-order valence-corrected chi connectivity index (χ3v) is 5.04. The number of carbonyl (C=O) groups excluding carboxylic acids is 1. The van der Waals surface area contributed by atoms with E-state index in [9.17, 15) is 4.79 Å². The molecule has 4 N–H and O–H groups in total. The summed E-state index contributed by atoms with van der Waals surface area (Å²) in [4.78, 5) is 12.6. The van der Waals surface area contributed by atoms with E-state index in [1.54, 1.807) is 12.1 Å². The molecule has 0 saturated heterocycles. The number of aromatic amines is 1. The molecule has 0 fully saturated rings. The fraction of sp³-hybridized carbons (Fsp3) is 0.222. The molecule has 1 aliphatic rings. The second-order valence-corrected chi connectivity index (χ2v) is 7.06. The number of aromatic nitrogens is 2. The van der Waals surface area contributed by atoms with Crippen molar-refractivity contribution >= 4 is 34.8 Å². The van der Waals surface area contributed by atoms with Gasteiger partial charge in [0.15, 0.2) is 11.0 Å². The standard InChI is InChI=1S/C18H16Cl2N4O2/c19-14-6-5-13(26-14)16-15(20)17(24-23-16)18(25)22-12-4-2-9-7-11(21)3-1-10(9)8-12/h2,4-6,8,11H,1,3,7,21H2,(H,22,25)(H,23,24)/t11-/m0/s1. The summed E-state index contributed by atoms with van der Waals surface area (Å²) < 4.78 is 5.29. The number of hydrogen-bond donors (Lipinski definition) is 3. The maximum Gasteiger partial charge on any atom is 0.275 e. The average molecular weight is 391 g/mol. The first-order valence-corrected chi connectivity index (χ1v) is 8.95. The van der Waals surface area contributed by atoms with E-state index >= 15 is 0 Å². The van der Waals surface area contributed by atoms with Crippen LogP contribution in [0.1, 0.15) is 28.0 Å². The number of nitrogens with zero attached hydrogens (tertiary/aromatic N) is 1. The lowest BCUT2D eigenvalue weighted by atomic mass is 9.88. The van der Waals surface area contributed by atoms with E-state index in [0.29, 0.717) is 17.1 Å². The number of aryl methyl sites for hydroxylation is 1. The van der Waals surface area contributed by atoms with Gasteiger partial charge in [0.05, 0.1) is 0 Å². The van der Waals surface area contributed by atoms with Crippen molar-refractivity contribution in [3.8, 4) is 11.5 Å². The van der Waals surface area contributed by atoms with Crippen LogP contribution in [0.25, 0.3) is 11.5 Å². The zero-order valence-corrected chi connectivity index (χ0v) is 15.2. The van der Waals surface area contributed by atoms with Gasteiger partial charge in [-0.25, -0.2) is 0 Å². The largest absolute Gasteiger partial charge is 0.443 e. The number of nitrogens with two attached hydrogens (primary N) is 1. The van der Waals surface area contributed by atoms with Crippen LogP contribution >= 0.6 is 23.2 Å². The fourth-order valence-corrected chi connectivity index (χ4v) is 3.55. The minimum absolute atomic E-state index is 0.161. The molecule has 2 aromatic heterocycles. The molecule has 0 bridgehead atoms. The summed E-state index contributed by atoms with van der Waals surface area (Å²) in [5.41, 5.74) is 9.65. The molecule has 1 aromatic carbocycles. The topological polar surface area (TPSA) is 96.9 Å². The van der Waals surface area contributed by atoms with Crippen LogP contribution in [0.5, 0.6) is 0 Å². The highest BCUT2D eigenvalue weighted by Crippen LogP contribution is 2.31. The minimum Gasteiger partial charge on any atom is -0.443 e. The summed E-state index contributed by atoms with van der Waals surface area (Å²) >= 11 is 12.1. The van der Waals surface area contributed by atoms with Crippen molar-refractivity contribution in [2.45, 2.75) is 25.3 Å². The molecule has 0 saturated carbocycles. The van der Waals surface area contributed by atoms with Gasteiger partial charge in [0, 0.05) is 11.7 Å². The molecule has 134 valence electrons. The highest BCUT2D eigenvalue weighted by Gasteiger charge is 2.22. The molecule has 26 heavy (non-hydrogen) atoms. The van der Waals surface area contributed by atoms with Gasteiger partial charge in [-0.05, 0) is 66.3 Å². The Morgan fingerprint density at radius 1 is 1.27 bits per heavy atom. The summed E-state index contributed by atoms with van der Waals surface area (Å²) in [6.45, 7) is 0. The highest BCUT2D eigenvalue weighted by molar-refractivity contribution is 6.36. The van der Waals surface area contributed by atoms with Crippen LogP contribution in [-0.4, -0.2) is 22.1 Å². The molecule has 1 atom stereocenters. The van der Waals surface area contributed by atoms with E-state index in [4.69, 9.17) is 33.4 Å². The lowest BCUT2D eigenvalue weighted by molar-refractivity contribution is 0.102. The van der Waals surface area contributed by atoms with E-state index in [0.717, 1.165) is 19.3 Å². The molecule has 4 rings (SSSR count). The first-order chi connectivity index (χ1) is 12.5. The Balaban J connectivity index is 1.55. The van der Waals surface area contributed by atoms with Crippen LogP contribution in [0.15, 0.2) is 34.7 Å². The second kappa shape index (κ2) is 6.79. The van der Waals surface area contributed by atoms with Crippen molar-refractivity contribution in [2.24, 2.45) is 5.73 Å². The number of carbonyl (C=O) groups is 1. The van der Waals surface area contributed by atoms with Crippen molar-refractivity contribution in [2.75, 3.05) is 5.32 Å². The van der Waals surface area contributed by atoms with Crippen molar-refractivity contribution in [3.63, 3.8) is 0 Å². The number of benzene rings is 1. The molecule has 0 radical (unpaired) electrons. The van der Waals surface area contributed by atoms with Gasteiger partial charge in [-0.1, -0.05) is 17.7 Å². The van der Waals surface area contributed by atoms with Crippen molar-refractivity contribution in [3.05, 3.63) is 57.4 Å². The summed E-state index contributed by atoms with van der Waals surface area (Å²) in [6.07, 6.45) is 2.73. The number of fused-ring (bicyclic) bond motifs is 1. The second-order valence-electron chi connectivity index (χ2n) is 6.31. The summed E-state index contributed by atoms with van der Waals surface area (Å²) in [5, 5.41) is 9.96. The summed E-state index contributed by atoms with van der Waals surface area (Å²) in [6, 6.07) is 9.29. The molecular formula is C18H16Cl2N4O2. The van der Waals surface area contributed by atoms with Gasteiger partial charge in [0.2, 0.25) is 0 Å². The number of H-pyrrole nitrogens is 1. The Bertz CT molecular complexity index is 979. The zero-order chi connectivity index (χ0) is 18.3. The maximum atomic E-state index is 12.6. The van der Waals surface area contributed by atoms with E-state index < -0.39 is 0 Å². The van der Waals surface area contributed by atoms with Crippen LogP contribution in [0.2, 0.25) is 10.2 Å². The molecule has 2 heterocycles. The van der Waals surface area contributed by atoms with Crippen molar-refractivity contribution in [1.29, 1.82) is 0 Å². The number of halogens is 2. The van der Waals surface area contributed by atoms with Gasteiger partial charge in [0.25, 0.3) is 5.91 Å². The van der Waals surface area contributed by atoms with Crippen LogP contribution in [0.3, 0.4) is 0 Å². The normalized spacial score (nSPS) is 16.3. The van der Waals surface area contributed by atoms with Crippen molar-refractivity contribution < 1.29 is 9.21 Å². The van der Waals surface area contributed by atoms with Gasteiger partial charge in [-0.3, -0.25) is 9.89 Å². The SMILES string of the molecule is N[C@H]1CCc2cc(NC(=O)c3[nH]nc(-c4ccc(Cl)o4)c3Cl)ccc2C1. The molecule has 0 unspecified atom stereocenters. The van der Waals surface area contributed by atoms with Crippen molar-refractivity contribution in [1.82, 2.24) is 10.2 Å². The number of anilines is 1. The smallest absolute Gasteiger partial charge is 0.275 e. The van der Waals surface area contributed by atoms with Crippen LogP contribution in [0.4, 0.5) is 5.69 Å². The Labute approximate surface area is 159 Å². The van der Waals surface area contributed by atoms with E-state index in [-0.39, 0.29) is 27.9 Å². The van der Waals surface area contributed by atoms with E-state index in [1.807, 2.05) is 18.2 Å². The maximum absolute atomic E-state index is 12.6. The minimum atomic E-state index is -0.376. The van der Waals surface area contributed by atoms with Crippen LogP contribution in [-0.2, 0) is 12.8 Å². The molecule has 0 spiro atoms. The molecule has 6 nitrogen and oxygen atoms in total. The Hall–Kier alpha value is -2.28. The fourth-order valence-electron chi connectivity index (χ4n) is 3.14. The molecular weight excluding hydrogens is 375 g/mol. The lowest BCUT2D eigenvalue weighted by Crippen LogP contribution is -2.27. The molecule has 3 aromatic rings. The Morgan fingerprint density at radius 3 is 2.88 bits per heavy atom. The average Bonchev–Trinajstić information content (AvgIpc) is 3.20. The van der Waals surface area contributed by atoms with Gasteiger partial charge in [-0.2, -0.15) is 5.10 Å². The van der Waals surface area contributed by atoms with Crippen LogP contribution < -0.4 is 11.1 Å². The highest BCUT2D eigenvalue weighted by atomic mass is 35.5. The number of nitrogens with one attached hydrogen (secondary N) is 2. The summed E-state index contributed by atoms with van der Waals surface area (Å²) in [7, 11) is 0. The monoisotopic (exact) mass is 390 g/mol. The molecule has 1 amide bonds. The van der Waals surface area contributed by atoms with Gasteiger partial charge in [0.1, 0.15) is 16.4 Å². The van der Waals surface area contributed by atoms with E-state index in [1.165, 1.54) is 11.1 Å². The van der Waals surface area contributed by atoms with Gasteiger partial charge >= 0.3 is 0 Å². The first kappa shape index (κ1) is 17.1. The Morgan fingerprint density at radius 2 is 2.12 bits per heavy atom. The summed E-state index contributed by atoms with van der Waals surface area (Å²) in [5.74, 6) is 0.0132. The van der Waals surface area contributed by atoms with Gasteiger partial charge in [-0.15, -0.1) is 0 Å². The van der Waals surface area contributed by atoms with E-state index in [2.05, 4.69) is 15.5 Å². The number of amides is 1. The predicted molar refractivity (Wildman–Crippen MR) is 101 cm³/mol. The lowest BCUT2D eigenvalue weighted by Gasteiger charge is -2.22. The molecule has 0 aliphatic heterocycles. The quantitative estimate of drug-likeness (QED) is 0.628. The number of hydrogen-bond acceptors (Lipinski definition) is 4.